The van der Waals surface area contributed by atoms with Crippen LogP contribution in [0.2, 0.25) is 5.02 Å². The summed E-state index contributed by atoms with van der Waals surface area (Å²) < 4.78 is 1.85. The first-order valence-corrected chi connectivity index (χ1v) is 7.22. The van der Waals surface area contributed by atoms with Gasteiger partial charge < -0.3 is 4.57 Å². The van der Waals surface area contributed by atoms with E-state index in [0.717, 1.165) is 10.7 Å². The molecule has 0 fully saturated rings. The molecule has 0 saturated heterocycles. The summed E-state index contributed by atoms with van der Waals surface area (Å²) in [5.74, 6) is 0.792. The molecule has 2 aromatic rings. The van der Waals surface area contributed by atoms with E-state index in [4.69, 9.17) is 22.1 Å². The molecule has 2 rings (SSSR count). The van der Waals surface area contributed by atoms with Gasteiger partial charge in [-0.2, -0.15) is 15.6 Å². The second kappa shape index (κ2) is 6.94. The summed E-state index contributed by atoms with van der Waals surface area (Å²) in [6, 6.07) is 8.54. The van der Waals surface area contributed by atoms with E-state index >= 15 is 0 Å². The molecule has 0 radical (unpaired) electrons. The van der Waals surface area contributed by atoms with Crippen molar-refractivity contribution in [2.45, 2.75) is 17.0 Å². The smallest absolute Gasteiger partial charge is 0.237 e. The summed E-state index contributed by atoms with van der Waals surface area (Å²) in [6.07, 6.45) is 0. The number of hydrazone groups is 1. The highest BCUT2D eigenvalue weighted by atomic mass is 35.5. The molecule has 0 aliphatic rings. The number of rotatable bonds is 4. The zero-order chi connectivity index (χ0) is 16.1. The summed E-state index contributed by atoms with van der Waals surface area (Å²) >= 11 is 7.35. The molecule has 0 spiro atoms. The molecule has 0 aliphatic heterocycles. The van der Waals surface area contributed by atoms with E-state index in [9.17, 15) is 0 Å². The quantitative estimate of drug-likeness (QED) is 0.682. The number of anilines is 1. The Morgan fingerprint density at radius 2 is 2.09 bits per heavy atom. The van der Waals surface area contributed by atoms with Gasteiger partial charge in [0, 0.05) is 17.0 Å². The van der Waals surface area contributed by atoms with Crippen molar-refractivity contribution < 1.29 is 0 Å². The van der Waals surface area contributed by atoms with Crippen LogP contribution in [0.5, 0.6) is 0 Å². The maximum Gasteiger partial charge on any atom is 0.237 e. The first-order valence-electron chi connectivity index (χ1n) is 6.02. The zero-order valence-corrected chi connectivity index (χ0v) is 13.3. The molecule has 9 heteroatoms. The van der Waals surface area contributed by atoms with Crippen molar-refractivity contribution in [1.29, 1.82) is 10.5 Å². The van der Waals surface area contributed by atoms with Gasteiger partial charge in [0.1, 0.15) is 18.0 Å². The molecule has 1 N–H and O–H groups in total. The van der Waals surface area contributed by atoms with Crippen LogP contribution in [-0.2, 0) is 7.05 Å². The molecule has 22 heavy (non-hydrogen) atoms. The Labute approximate surface area is 136 Å². The number of nitrogens with zero attached hydrogens (tertiary/aromatic N) is 6. The second-order valence-corrected chi connectivity index (χ2v) is 5.57. The lowest BCUT2D eigenvalue weighted by Crippen LogP contribution is -1.98. The van der Waals surface area contributed by atoms with E-state index in [2.05, 4.69) is 20.7 Å². The van der Waals surface area contributed by atoms with Crippen molar-refractivity contribution in [2.24, 2.45) is 12.1 Å². The van der Waals surface area contributed by atoms with E-state index in [1.165, 1.54) is 11.8 Å². The van der Waals surface area contributed by atoms with Gasteiger partial charge in [-0.3, -0.25) is 5.43 Å². The molecular weight excluding hydrogens is 322 g/mol. The molecule has 7 nitrogen and oxygen atoms in total. The van der Waals surface area contributed by atoms with Crippen LogP contribution in [-0.4, -0.2) is 20.5 Å². The van der Waals surface area contributed by atoms with Crippen molar-refractivity contribution in [3.63, 3.8) is 0 Å². The molecular formula is C13H10ClN7S. The molecule has 0 unspecified atom stereocenters. The van der Waals surface area contributed by atoms with E-state index < -0.39 is 0 Å². The van der Waals surface area contributed by atoms with Gasteiger partial charge in [0.15, 0.2) is 5.16 Å². The third-order valence-corrected chi connectivity index (χ3v) is 4.04. The maximum absolute atomic E-state index is 8.71. The first kappa shape index (κ1) is 15.8. The zero-order valence-electron chi connectivity index (χ0n) is 11.7. The number of nitrogens with one attached hydrogen (secondary N) is 1. The summed E-state index contributed by atoms with van der Waals surface area (Å²) in [5.41, 5.74) is 2.98. The molecule has 0 aliphatic carbocycles. The number of hydrogen-bond donors (Lipinski definition) is 1. The summed E-state index contributed by atoms with van der Waals surface area (Å²) in [6.45, 7) is 1.86. The van der Waals surface area contributed by atoms with Gasteiger partial charge in [-0.1, -0.05) is 11.6 Å². The van der Waals surface area contributed by atoms with E-state index in [1.54, 1.807) is 30.3 Å². The number of aryl methyl sites for hydroxylation is 1. The summed E-state index contributed by atoms with van der Waals surface area (Å²) in [4.78, 5) is 0.791. The Bertz CT molecular complexity index is 797. The van der Waals surface area contributed by atoms with Crippen LogP contribution in [0.1, 0.15) is 5.82 Å². The molecule has 0 amide bonds. The summed E-state index contributed by atoms with van der Waals surface area (Å²) in [7, 11) is 1.86. The molecule has 110 valence electrons. The van der Waals surface area contributed by atoms with Crippen molar-refractivity contribution in [3.05, 3.63) is 29.0 Å². The minimum Gasteiger partial charge on any atom is -0.309 e. The third-order valence-electron chi connectivity index (χ3n) is 2.70. The highest BCUT2D eigenvalue weighted by Gasteiger charge is 2.11. The Balaban J connectivity index is 2.33. The molecule has 1 aromatic carbocycles. The van der Waals surface area contributed by atoms with Gasteiger partial charge in [-0.25, -0.2) is 0 Å². The lowest BCUT2D eigenvalue weighted by atomic mass is 10.3. The number of benzene rings is 1. The predicted molar refractivity (Wildman–Crippen MR) is 83.6 cm³/mol. The Morgan fingerprint density at radius 1 is 1.36 bits per heavy atom. The average Bonchev–Trinajstić information content (AvgIpc) is 2.82. The fraction of sp³-hybridized carbons (Fsp3) is 0.154. The Hall–Kier alpha value is -2.55. The second-order valence-electron chi connectivity index (χ2n) is 4.13. The van der Waals surface area contributed by atoms with E-state index in [-0.39, 0.29) is 5.71 Å². The van der Waals surface area contributed by atoms with Crippen molar-refractivity contribution in [1.82, 2.24) is 14.8 Å². The van der Waals surface area contributed by atoms with Crippen LogP contribution >= 0.6 is 23.4 Å². The van der Waals surface area contributed by atoms with E-state index in [0.29, 0.717) is 15.9 Å². The molecule has 1 heterocycles. The van der Waals surface area contributed by atoms with Crippen LogP contribution in [0.4, 0.5) is 5.69 Å². The van der Waals surface area contributed by atoms with Crippen LogP contribution in [0, 0.1) is 29.6 Å². The average molecular weight is 332 g/mol. The maximum atomic E-state index is 8.71. The third kappa shape index (κ3) is 3.55. The summed E-state index contributed by atoms with van der Waals surface area (Å²) in [5, 5.41) is 30.4. The predicted octanol–water partition coefficient (Wildman–Crippen LogP) is 2.74. The normalized spacial score (nSPS) is 9.68. The van der Waals surface area contributed by atoms with Crippen LogP contribution in [0.3, 0.4) is 0 Å². The van der Waals surface area contributed by atoms with E-state index in [1.807, 2.05) is 18.5 Å². The highest BCUT2D eigenvalue weighted by molar-refractivity contribution is 7.99. The number of aromatic nitrogens is 3. The fourth-order valence-corrected chi connectivity index (χ4v) is 2.51. The topological polar surface area (TPSA) is 103 Å². The van der Waals surface area contributed by atoms with Crippen LogP contribution < -0.4 is 5.43 Å². The number of halogens is 1. The largest absolute Gasteiger partial charge is 0.309 e. The Morgan fingerprint density at radius 3 is 2.68 bits per heavy atom. The van der Waals surface area contributed by atoms with Gasteiger partial charge in [-0.05, 0) is 36.9 Å². The van der Waals surface area contributed by atoms with Gasteiger partial charge >= 0.3 is 0 Å². The molecule has 0 atom stereocenters. The molecule has 0 bridgehead atoms. The minimum atomic E-state index is -0.273. The molecule has 0 saturated carbocycles. The van der Waals surface area contributed by atoms with Gasteiger partial charge in [0.25, 0.3) is 0 Å². The van der Waals surface area contributed by atoms with Crippen LogP contribution in [0.25, 0.3) is 0 Å². The number of nitriles is 2. The van der Waals surface area contributed by atoms with Crippen molar-refractivity contribution in [3.8, 4) is 12.1 Å². The molecule has 1 aromatic heterocycles. The lowest BCUT2D eigenvalue weighted by molar-refractivity contribution is 0.765. The van der Waals surface area contributed by atoms with Gasteiger partial charge in [0.2, 0.25) is 5.71 Å². The lowest BCUT2D eigenvalue weighted by Gasteiger charge is -2.08. The highest BCUT2D eigenvalue weighted by Crippen LogP contribution is 2.34. The van der Waals surface area contributed by atoms with Gasteiger partial charge in [-0.15, -0.1) is 10.2 Å². The van der Waals surface area contributed by atoms with Crippen molar-refractivity contribution >= 4 is 34.8 Å². The first-order chi connectivity index (χ1) is 10.5. The fourth-order valence-electron chi connectivity index (χ4n) is 1.44. The SMILES string of the molecule is Cc1nnc(Sc2ccc(Cl)cc2NN=C(C#N)C#N)n1C. The van der Waals surface area contributed by atoms with Crippen molar-refractivity contribution in [2.75, 3.05) is 5.43 Å². The van der Waals surface area contributed by atoms with Gasteiger partial charge in [0.05, 0.1) is 5.69 Å². The number of hydrogen-bond acceptors (Lipinski definition) is 7. The van der Waals surface area contributed by atoms with Crippen LogP contribution in [0.15, 0.2) is 33.4 Å². The minimum absolute atomic E-state index is 0.273. The standard InChI is InChI=1S/C13H10ClN7S/c1-8-17-20-13(21(8)2)22-12-4-3-9(14)5-11(12)19-18-10(6-15)7-16/h3-5,19H,1-2H3. The Kier molecular flexibility index (Phi) is 4.99. The monoisotopic (exact) mass is 331 g/mol.